The van der Waals surface area contributed by atoms with Crippen LogP contribution in [0, 0.1) is 5.92 Å². The number of hydrogen-bond donors (Lipinski definition) is 2. The van der Waals surface area contributed by atoms with Crippen LogP contribution in [0.1, 0.15) is 29.8 Å². The number of halogens is 1. The summed E-state index contributed by atoms with van der Waals surface area (Å²) in [5.41, 5.74) is 1.48. The van der Waals surface area contributed by atoms with Gasteiger partial charge in [0.05, 0.1) is 23.1 Å². The molecule has 0 saturated heterocycles. The molecule has 0 fully saturated rings. The topological polar surface area (TPSA) is 118 Å². The molecule has 0 aliphatic carbocycles. The Hall–Kier alpha value is -3.51. The van der Waals surface area contributed by atoms with Crippen LogP contribution in [0.5, 0.6) is 17.2 Å². The fraction of sp³-hybridized carbons (Fsp3) is 0.367. The Morgan fingerprint density at radius 1 is 1.07 bits per heavy atom. The summed E-state index contributed by atoms with van der Waals surface area (Å²) in [5.74, 6) is 1.38. The van der Waals surface area contributed by atoms with Crippen molar-refractivity contribution in [3.05, 3.63) is 76.8 Å². The summed E-state index contributed by atoms with van der Waals surface area (Å²) in [6.45, 7) is 5.33. The van der Waals surface area contributed by atoms with Crippen LogP contribution in [-0.4, -0.2) is 74.9 Å². The molecule has 5 rings (SSSR count). The number of carbonyl (C=O) groups is 1. The normalized spacial score (nSPS) is 19.1. The monoisotopic (exact) mass is 615 g/mol. The van der Waals surface area contributed by atoms with E-state index in [0.717, 1.165) is 17.1 Å². The number of rotatable bonds is 9. The Morgan fingerprint density at radius 3 is 2.52 bits per heavy atom. The summed E-state index contributed by atoms with van der Waals surface area (Å²) >= 11 is 5.91. The highest BCUT2D eigenvalue weighted by Gasteiger charge is 2.34. The van der Waals surface area contributed by atoms with E-state index in [2.05, 4.69) is 9.62 Å². The maximum absolute atomic E-state index is 13.7. The number of benzene rings is 3. The molecule has 2 aliphatic rings. The zero-order valence-corrected chi connectivity index (χ0v) is 25.2. The lowest BCUT2D eigenvalue weighted by molar-refractivity contribution is 0.0341. The van der Waals surface area contributed by atoms with Crippen LogP contribution in [0.2, 0.25) is 5.02 Å². The van der Waals surface area contributed by atoms with Crippen LogP contribution in [0.3, 0.4) is 0 Å². The van der Waals surface area contributed by atoms with Gasteiger partial charge in [-0.05, 0) is 74.1 Å². The van der Waals surface area contributed by atoms with Gasteiger partial charge in [-0.2, -0.15) is 0 Å². The lowest BCUT2D eigenvalue weighted by Gasteiger charge is -2.38. The van der Waals surface area contributed by atoms with Crippen molar-refractivity contribution in [2.75, 3.05) is 38.3 Å². The van der Waals surface area contributed by atoms with E-state index in [1.807, 2.05) is 32.2 Å². The van der Waals surface area contributed by atoms with E-state index in [-0.39, 0.29) is 47.5 Å². The van der Waals surface area contributed by atoms with Crippen molar-refractivity contribution in [3.8, 4) is 17.2 Å². The maximum atomic E-state index is 13.7. The Labute approximate surface area is 250 Å². The Morgan fingerprint density at radius 2 is 1.79 bits per heavy atom. The van der Waals surface area contributed by atoms with Crippen LogP contribution in [-0.2, 0) is 16.6 Å². The molecule has 0 bridgehead atoms. The average molecular weight is 616 g/mol. The zero-order chi connectivity index (χ0) is 30.0. The summed E-state index contributed by atoms with van der Waals surface area (Å²) in [6, 6.07) is 15.9. The van der Waals surface area contributed by atoms with Gasteiger partial charge in [0, 0.05) is 36.3 Å². The first kappa shape index (κ1) is 30.0. The van der Waals surface area contributed by atoms with E-state index >= 15 is 0 Å². The van der Waals surface area contributed by atoms with Crippen molar-refractivity contribution in [1.29, 1.82) is 0 Å². The van der Waals surface area contributed by atoms with E-state index in [9.17, 15) is 18.3 Å². The second kappa shape index (κ2) is 12.4. The first-order valence-electron chi connectivity index (χ1n) is 13.6. The molecular formula is C30H34ClN3O7S. The number of aliphatic hydroxyl groups is 1. The summed E-state index contributed by atoms with van der Waals surface area (Å²) in [4.78, 5) is 17.5. The first-order chi connectivity index (χ1) is 20.0. The molecule has 3 aromatic carbocycles. The number of aliphatic hydroxyl groups excluding tert-OH is 1. The molecule has 0 unspecified atom stereocenters. The van der Waals surface area contributed by atoms with E-state index in [4.69, 9.17) is 25.8 Å². The van der Waals surface area contributed by atoms with Crippen molar-refractivity contribution < 1.29 is 32.5 Å². The number of anilines is 1. The zero-order valence-electron chi connectivity index (χ0n) is 23.6. The van der Waals surface area contributed by atoms with E-state index < -0.39 is 16.1 Å². The largest absolute Gasteiger partial charge is 0.488 e. The number of hydrogen-bond acceptors (Lipinski definition) is 8. The smallest absolute Gasteiger partial charge is 0.261 e. The molecule has 0 saturated carbocycles. The highest BCUT2D eigenvalue weighted by molar-refractivity contribution is 7.92. The summed E-state index contributed by atoms with van der Waals surface area (Å²) in [5, 5.41) is 10.4. The van der Waals surface area contributed by atoms with Gasteiger partial charge in [-0.25, -0.2) is 8.42 Å². The van der Waals surface area contributed by atoms with Gasteiger partial charge >= 0.3 is 0 Å². The molecule has 0 spiro atoms. The van der Waals surface area contributed by atoms with Crippen LogP contribution in [0.15, 0.2) is 65.6 Å². The molecule has 2 N–H and O–H groups in total. The molecule has 0 radical (unpaired) electrons. The SMILES string of the molecule is C[C@@H]1CN([C@H](C)CO)C(=O)c2cc(NS(=O)(=O)c3ccc(Cl)cc3)ccc2O[C@H]1CN(C)Cc1ccc2c(c1)OCO2. The lowest BCUT2D eigenvalue weighted by Crippen LogP contribution is -2.49. The third-order valence-corrected chi connectivity index (χ3v) is 9.07. The van der Waals surface area contributed by atoms with Crippen molar-refractivity contribution in [3.63, 3.8) is 0 Å². The third-order valence-electron chi connectivity index (χ3n) is 7.42. The van der Waals surface area contributed by atoms with Gasteiger partial charge < -0.3 is 24.2 Å². The number of nitrogens with one attached hydrogen (secondary N) is 1. The van der Waals surface area contributed by atoms with Gasteiger partial charge in [-0.3, -0.25) is 14.4 Å². The Kier molecular flexibility index (Phi) is 8.84. The average Bonchev–Trinajstić information content (AvgIpc) is 3.43. The molecule has 1 amide bonds. The Bertz CT molecular complexity index is 1550. The quantitative estimate of drug-likeness (QED) is 0.367. The fourth-order valence-electron chi connectivity index (χ4n) is 5.05. The van der Waals surface area contributed by atoms with Gasteiger partial charge in [-0.1, -0.05) is 24.6 Å². The van der Waals surface area contributed by atoms with Crippen molar-refractivity contribution >= 4 is 33.2 Å². The number of nitrogens with zero attached hydrogens (tertiary/aromatic N) is 2. The number of ether oxygens (including phenoxy) is 3. The lowest BCUT2D eigenvalue weighted by atomic mass is 9.99. The first-order valence-corrected chi connectivity index (χ1v) is 15.5. The van der Waals surface area contributed by atoms with E-state index in [0.29, 0.717) is 30.4 Å². The molecule has 10 nitrogen and oxygen atoms in total. The number of likely N-dealkylation sites (N-methyl/N-ethyl adjacent to an activating group) is 1. The number of fused-ring (bicyclic) bond motifs is 2. The van der Waals surface area contributed by atoms with Crippen LogP contribution in [0.4, 0.5) is 5.69 Å². The van der Waals surface area contributed by atoms with Crippen molar-refractivity contribution in [2.45, 2.75) is 37.4 Å². The number of sulfonamides is 1. The second-order valence-electron chi connectivity index (χ2n) is 10.8. The van der Waals surface area contributed by atoms with Gasteiger partial charge in [0.15, 0.2) is 11.5 Å². The fourth-order valence-corrected chi connectivity index (χ4v) is 6.23. The van der Waals surface area contributed by atoms with Gasteiger partial charge in [-0.15, -0.1) is 0 Å². The Balaban J connectivity index is 1.40. The van der Waals surface area contributed by atoms with E-state index in [1.54, 1.807) is 24.0 Å². The molecular weight excluding hydrogens is 582 g/mol. The minimum absolute atomic E-state index is 0.0381. The summed E-state index contributed by atoms with van der Waals surface area (Å²) < 4.78 is 45.9. The van der Waals surface area contributed by atoms with E-state index in [1.165, 1.54) is 30.3 Å². The van der Waals surface area contributed by atoms with Gasteiger partial charge in [0.25, 0.3) is 15.9 Å². The molecule has 12 heteroatoms. The summed E-state index contributed by atoms with van der Waals surface area (Å²) in [7, 11) is -1.94. The minimum atomic E-state index is -3.93. The third kappa shape index (κ3) is 6.59. The molecule has 224 valence electrons. The molecule has 3 aromatic rings. The predicted molar refractivity (Wildman–Crippen MR) is 159 cm³/mol. The summed E-state index contributed by atoms with van der Waals surface area (Å²) in [6.07, 6.45) is -0.305. The highest BCUT2D eigenvalue weighted by atomic mass is 35.5. The predicted octanol–water partition coefficient (Wildman–Crippen LogP) is 4.22. The highest BCUT2D eigenvalue weighted by Crippen LogP contribution is 2.34. The standard InChI is InChI=1S/C30H34ClN3O7S/c1-19-14-34(20(2)17-35)30(36)25-13-23(32-42(37,38)24-8-5-22(31)6-9-24)7-11-26(25)41-29(19)16-33(3)15-21-4-10-27-28(12-21)40-18-39-27/h4-13,19-20,29,32,35H,14-18H2,1-3H3/t19-,20-,29+/m1/s1. The van der Waals surface area contributed by atoms with Gasteiger partial charge in [0.1, 0.15) is 11.9 Å². The molecule has 3 atom stereocenters. The second-order valence-corrected chi connectivity index (χ2v) is 12.9. The number of carbonyl (C=O) groups excluding carboxylic acids is 1. The van der Waals surface area contributed by atoms with Crippen LogP contribution >= 0.6 is 11.6 Å². The minimum Gasteiger partial charge on any atom is -0.488 e. The maximum Gasteiger partial charge on any atom is 0.261 e. The van der Waals surface area contributed by atoms with Crippen LogP contribution < -0.4 is 18.9 Å². The van der Waals surface area contributed by atoms with Crippen molar-refractivity contribution in [1.82, 2.24) is 9.80 Å². The molecule has 2 heterocycles. The number of amides is 1. The molecule has 42 heavy (non-hydrogen) atoms. The molecule has 0 aromatic heterocycles. The molecule has 2 aliphatic heterocycles. The van der Waals surface area contributed by atoms with Crippen molar-refractivity contribution in [2.24, 2.45) is 5.92 Å². The van der Waals surface area contributed by atoms with Gasteiger partial charge in [0.2, 0.25) is 6.79 Å². The van der Waals surface area contributed by atoms with Crippen LogP contribution in [0.25, 0.3) is 0 Å².